The molecule has 0 aromatic carbocycles. The number of rotatable bonds is 3. The van der Waals surface area contributed by atoms with Gasteiger partial charge >= 0.3 is 0 Å². The van der Waals surface area contributed by atoms with Crippen LogP contribution in [0.3, 0.4) is 0 Å². The lowest BCUT2D eigenvalue weighted by molar-refractivity contribution is -0.115. The lowest BCUT2D eigenvalue weighted by atomic mass is 9.88. The van der Waals surface area contributed by atoms with Crippen LogP contribution in [0.1, 0.15) is 38.4 Å². The highest BCUT2D eigenvalue weighted by molar-refractivity contribution is 5.06. The number of imidazole rings is 1. The fourth-order valence-corrected chi connectivity index (χ4v) is 2.46. The van der Waals surface area contributed by atoms with E-state index < -0.39 is 5.60 Å². The Bertz CT molecular complexity index is 349. The molecule has 2 heterocycles. The first-order chi connectivity index (χ1) is 7.65. The van der Waals surface area contributed by atoms with Gasteiger partial charge in [0.05, 0.1) is 12.7 Å². The van der Waals surface area contributed by atoms with Crippen molar-refractivity contribution in [3.63, 3.8) is 0 Å². The Morgan fingerprint density at radius 2 is 2.50 bits per heavy atom. The summed E-state index contributed by atoms with van der Waals surface area (Å²) in [6.07, 6.45) is 7.16. The summed E-state index contributed by atoms with van der Waals surface area (Å²) >= 11 is 0. The van der Waals surface area contributed by atoms with Crippen molar-refractivity contribution < 1.29 is 9.84 Å². The summed E-state index contributed by atoms with van der Waals surface area (Å²) in [5.41, 5.74) is -0.809. The van der Waals surface area contributed by atoms with Crippen LogP contribution in [0.5, 0.6) is 0 Å². The third-order valence-corrected chi connectivity index (χ3v) is 3.28. The van der Waals surface area contributed by atoms with E-state index in [9.17, 15) is 5.11 Å². The number of ether oxygens (including phenoxy) is 1. The molecule has 1 aliphatic rings. The highest BCUT2D eigenvalue weighted by Gasteiger charge is 2.39. The zero-order chi connectivity index (χ0) is 11.6. The van der Waals surface area contributed by atoms with E-state index in [1.165, 1.54) is 0 Å². The summed E-state index contributed by atoms with van der Waals surface area (Å²) in [6, 6.07) is 0. The van der Waals surface area contributed by atoms with E-state index in [1.54, 1.807) is 6.20 Å². The van der Waals surface area contributed by atoms with Crippen LogP contribution >= 0.6 is 0 Å². The molecule has 0 amide bonds. The van der Waals surface area contributed by atoms with Gasteiger partial charge in [-0.3, -0.25) is 0 Å². The first-order valence-corrected chi connectivity index (χ1v) is 5.97. The molecule has 0 bridgehead atoms. The Balaban J connectivity index is 2.15. The predicted molar refractivity (Wildman–Crippen MR) is 61.0 cm³/mol. The number of hydrogen-bond acceptors (Lipinski definition) is 3. The molecular weight excluding hydrogens is 204 g/mol. The van der Waals surface area contributed by atoms with Crippen molar-refractivity contribution in [2.45, 2.75) is 44.3 Å². The summed E-state index contributed by atoms with van der Waals surface area (Å²) in [7, 11) is 1.92. The molecule has 4 heteroatoms. The van der Waals surface area contributed by atoms with Crippen LogP contribution in [-0.2, 0) is 17.4 Å². The first-order valence-electron chi connectivity index (χ1n) is 5.97. The van der Waals surface area contributed by atoms with Gasteiger partial charge in [-0.1, -0.05) is 13.3 Å². The Kier molecular flexibility index (Phi) is 3.30. The van der Waals surface area contributed by atoms with Crippen molar-refractivity contribution >= 4 is 0 Å². The van der Waals surface area contributed by atoms with Gasteiger partial charge in [-0.15, -0.1) is 0 Å². The Morgan fingerprint density at radius 3 is 3.12 bits per heavy atom. The van der Waals surface area contributed by atoms with Crippen LogP contribution in [0.4, 0.5) is 0 Å². The molecule has 0 saturated carbocycles. The van der Waals surface area contributed by atoms with Gasteiger partial charge in [0.25, 0.3) is 0 Å². The van der Waals surface area contributed by atoms with Crippen LogP contribution in [-0.4, -0.2) is 27.4 Å². The minimum absolute atomic E-state index is 0.167. The van der Waals surface area contributed by atoms with Gasteiger partial charge in [0.2, 0.25) is 0 Å². The highest BCUT2D eigenvalue weighted by Crippen LogP contribution is 2.34. The van der Waals surface area contributed by atoms with Crippen LogP contribution in [0.25, 0.3) is 0 Å². The average Bonchev–Trinajstić information content (AvgIpc) is 2.66. The molecule has 2 rings (SSSR count). The molecular formula is C12H20N2O2. The topological polar surface area (TPSA) is 47.3 Å². The normalized spacial score (nSPS) is 30.6. The lowest BCUT2D eigenvalue weighted by Gasteiger charge is -2.36. The van der Waals surface area contributed by atoms with Gasteiger partial charge in [-0.25, -0.2) is 4.98 Å². The Morgan fingerprint density at radius 1 is 1.69 bits per heavy atom. The lowest BCUT2D eigenvalue weighted by Crippen LogP contribution is -2.40. The van der Waals surface area contributed by atoms with Gasteiger partial charge in [-0.05, 0) is 6.42 Å². The zero-order valence-electron chi connectivity index (χ0n) is 10.0. The van der Waals surface area contributed by atoms with Crippen molar-refractivity contribution in [3.05, 3.63) is 18.2 Å². The summed E-state index contributed by atoms with van der Waals surface area (Å²) in [4.78, 5) is 4.26. The standard InChI is InChI=1S/C12H20N2O2/c1-3-4-10-9-12(15,5-8-16-10)11-13-6-7-14(11)2/h6-7,10,15H,3-5,8-9H2,1-2H3. The second-order valence-corrected chi connectivity index (χ2v) is 4.63. The quantitative estimate of drug-likeness (QED) is 0.848. The highest BCUT2D eigenvalue weighted by atomic mass is 16.5. The maximum absolute atomic E-state index is 10.6. The summed E-state index contributed by atoms with van der Waals surface area (Å²) in [6.45, 7) is 2.76. The van der Waals surface area contributed by atoms with Gasteiger partial charge in [0.15, 0.2) is 0 Å². The Labute approximate surface area is 96.3 Å². The van der Waals surface area contributed by atoms with E-state index in [4.69, 9.17) is 4.74 Å². The first kappa shape index (κ1) is 11.6. The summed E-state index contributed by atoms with van der Waals surface area (Å²) in [5, 5.41) is 10.6. The fraction of sp³-hybridized carbons (Fsp3) is 0.750. The largest absolute Gasteiger partial charge is 0.382 e. The molecule has 2 unspecified atom stereocenters. The minimum atomic E-state index is -0.809. The fourth-order valence-electron chi connectivity index (χ4n) is 2.46. The third kappa shape index (κ3) is 2.13. The van der Waals surface area contributed by atoms with E-state index in [-0.39, 0.29) is 6.10 Å². The van der Waals surface area contributed by atoms with E-state index in [2.05, 4.69) is 11.9 Å². The van der Waals surface area contributed by atoms with E-state index in [0.29, 0.717) is 19.4 Å². The van der Waals surface area contributed by atoms with Crippen LogP contribution in [0, 0.1) is 0 Å². The molecule has 1 aliphatic heterocycles. The summed E-state index contributed by atoms with van der Waals surface area (Å²) < 4.78 is 7.55. The molecule has 16 heavy (non-hydrogen) atoms. The third-order valence-electron chi connectivity index (χ3n) is 3.28. The average molecular weight is 224 g/mol. The van der Waals surface area contributed by atoms with Crippen LogP contribution < -0.4 is 0 Å². The van der Waals surface area contributed by atoms with Gasteiger partial charge < -0.3 is 14.4 Å². The smallest absolute Gasteiger partial charge is 0.140 e. The van der Waals surface area contributed by atoms with E-state index in [0.717, 1.165) is 18.7 Å². The molecule has 0 radical (unpaired) electrons. The van der Waals surface area contributed by atoms with E-state index in [1.807, 2.05) is 17.8 Å². The molecule has 1 fully saturated rings. The number of nitrogens with zero attached hydrogens (tertiary/aromatic N) is 2. The second-order valence-electron chi connectivity index (χ2n) is 4.63. The molecule has 4 nitrogen and oxygen atoms in total. The van der Waals surface area contributed by atoms with Crippen molar-refractivity contribution in [1.29, 1.82) is 0 Å². The van der Waals surface area contributed by atoms with Crippen molar-refractivity contribution in [2.24, 2.45) is 7.05 Å². The summed E-state index contributed by atoms with van der Waals surface area (Å²) in [5.74, 6) is 0.761. The number of aliphatic hydroxyl groups is 1. The maximum atomic E-state index is 10.6. The van der Waals surface area contributed by atoms with Crippen LogP contribution in [0.2, 0.25) is 0 Å². The Hall–Kier alpha value is -0.870. The number of aromatic nitrogens is 2. The molecule has 90 valence electrons. The predicted octanol–water partition coefficient (Wildman–Crippen LogP) is 1.59. The second kappa shape index (κ2) is 4.55. The number of aryl methyl sites for hydroxylation is 1. The molecule has 1 aromatic heterocycles. The van der Waals surface area contributed by atoms with Crippen LogP contribution in [0.15, 0.2) is 12.4 Å². The van der Waals surface area contributed by atoms with E-state index >= 15 is 0 Å². The zero-order valence-corrected chi connectivity index (χ0v) is 10.0. The molecule has 0 aliphatic carbocycles. The maximum Gasteiger partial charge on any atom is 0.140 e. The molecule has 2 atom stereocenters. The van der Waals surface area contributed by atoms with Crippen molar-refractivity contribution in [3.8, 4) is 0 Å². The molecule has 0 spiro atoms. The molecule has 1 N–H and O–H groups in total. The van der Waals surface area contributed by atoms with Crippen molar-refractivity contribution in [1.82, 2.24) is 9.55 Å². The minimum Gasteiger partial charge on any atom is -0.382 e. The number of hydrogen-bond donors (Lipinski definition) is 1. The SMILES string of the molecule is CCCC1CC(O)(c2nccn2C)CCO1. The molecule has 1 aromatic rings. The van der Waals surface area contributed by atoms with Gasteiger partial charge in [0, 0.05) is 32.3 Å². The monoisotopic (exact) mass is 224 g/mol. The van der Waals surface area contributed by atoms with Gasteiger partial charge in [-0.2, -0.15) is 0 Å². The molecule has 1 saturated heterocycles. The van der Waals surface area contributed by atoms with Gasteiger partial charge in [0.1, 0.15) is 11.4 Å². The van der Waals surface area contributed by atoms with Crippen molar-refractivity contribution in [2.75, 3.05) is 6.61 Å².